The molecule has 6 heteroatoms. The Kier molecular flexibility index (Phi) is 3.46. The molecule has 0 radical (unpaired) electrons. The van der Waals surface area contributed by atoms with E-state index < -0.39 is 6.23 Å². The van der Waals surface area contributed by atoms with Crippen LogP contribution < -0.4 is 16.4 Å². The molecule has 5 N–H and O–H groups in total. The van der Waals surface area contributed by atoms with Gasteiger partial charge >= 0.3 is 0 Å². The molecule has 3 atom stereocenters. The zero-order chi connectivity index (χ0) is 15.3. The van der Waals surface area contributed by atoms with Gasteiger partial charge in [0.2, 0.25) is 0 Å². The standard InChI is InChI=1S/C16H19ClN4O/c17-13-4-9(15-8(14(13)18)2-1-3-20-15)16(22)21-7-12-10-5-19-6-11(10)12/h1-4,10-12,16,19,21-22H,5-7,18H2. The molecule has 2 aromatic rings. The number of anilines is 1. The molecule has 0 bridgehead atoms. The number of hydrogen-bond donors (Lipinski definition) is 4. The van der Waals surface area contributed by atoms with Gasteiger partial charge in [-0.25, -0.2) is 0 Å². The van der Waals surface area contributed by atoms with E-state index in [9.17, 15) is 5.11 Å². The van der Waals surface area contributed by atoms with Gasteiger partial charge in [0, 0.05) is 23.7 Å². The fraction of sp³-hybridized carbons (Fsp3) is 0.438. The minimum Gasteiger partial charge on any atom is -0.397 e. The van der Waals surface area contributed by atoms with E-state index in [1.54, 1.807) is 12.3 Å². The van der Waals surface area contributed by atoms with Gasteiger partial charge in [-0.15, -0.1) is 0 Å². The Morgan fingerprint density at radius 3 is 3.00 bits per heavy atom. The summed E-state index contributed by atoms with van der Waals surface area (Å²) in [5.74, 6) is 2.20. The summed E-state index contributed by atoms with van der Waals surface area (Å²) in [5.41, 5.74) is 7.88. The summed E-state index contributed by atoms with van der Waals surface area (Å²) in [7, 11) is 0. The number of fused-ring (bicyclic) bond motifs is 2. The molecule has 2 aliphatic rings. The lowest BCUT2D eigenvalue weighted by Crippen LogP contribution is -2.27. The van der Waals surface area contributed by atoms with Crippen molar-refractivity contribution in [1.82, 2.24) is 15.6 Å². The molecule has 1 aromatic heterocycles. The van der Waals surface area contributed by atoms with Crippen molar-refractivity contribution >= 4 is 28.2 Å². The molecular formula is C16H19ClN4O. The van der Waals surface area contributed by atoms with Crippen LogP contribution in [0.15, 0.2) is 24.4 Å². The molecule has 4 rings (SSSR count). The highest BCUT2D eigenvalue weighted by Gasteiger charge is 2.52. The van der Waals surface area contributed by atoms with Crippen molar-refractivity contribution in [3.8, 4) is 0 Å². The van der Waals surface area contributed by atoms with E-state index in [4.69, 9.17) is 17.3 Å². The third kappa shape index (κ3) is 2.25. The largest absolute Gasteiger partial charge is 0.397 e. The summed E-state index contributed by atoms with van der Waals surface area (Å²) >= 11 is 6.19. The van der Waals surface area contributed by atoms with Crippen LogP contribution in [0.5, 0.6) is 0 Å². The number of hydrogen-bond acceptors (Lipinski definition) is 5. The maximum atomic E-state index is 10.5. The molecule has 3 unspecified atom stereocenters. The molecule has 1 aromatic carbocycles. The summed E-state index contributed by atoms with van der Waals surface area (Å²) in [6, 6.07) is 5.40. The Morgan fingerprint density at radius 2 is 2.23 bits per heavy atom. The minimum atomic E-state index is -0.787. The molecule has 1 saturated heterocycles. The van der Waals surface area contributed by atoms with E-state index in [-0.39, 0.29) is 0 Å². The first-order valence-corrected chi connectivity index (χ1v) is 7.99. The molecule has 116 valence electrons. The first-order valence-electron chi connectivity index (χ1n) is 7.61. The molecule has 1 aliphatic carbocycles. The lowest BCUT2D eigenvalue weighted by Gasteiger charge is -2.17. The predicted octanol–water partition coefficient (Wildman–Crippen LogP) is 1.52. The minimum absolute atomic E-state index is 0.448. The molecule has 1 saturated carbocycles. The number of benzene rings is 1. The zero-order valence-corrected chi connectivity index (χ0v) is 12.8. The van der Waals surface area contributed by atoms with Gasteiger partial charge in [-0.05, 0) is 49.0 Å². The molecule has 0 amide bonds. The monoisotopic (exact) mass is 318 g/mol. The van der Waals surface area contributed by atoms with Crippen molar-refractivity contribution in [2.75, 3.05) is 25.4 Å². The Balaban J connectivity index is 1.56. The van der Waals surface area contributed by atoms with E-state index in [0.29, 0.717) is 27.7 Å². The maximum Gasteiger partial charge on any atom is 0.133 e. The lowest BCUT2D eigenvalue weighted by molar-refractivity contribution is 0.137. The molecule has 0 spiro atoms. The number of nitrogens with two attached hydrogens (primary N) is 1. The number of aliphatic hydroxyl groups excluding tert-OH is 1. The van der Waals surface area contributed by atoms with Crippen molar-refractivity contribution in [1.29, 1.82) is 0 Å². The number of aromatic nitrogens is 1. The average Bonchev–Trinajstić information content (AvgIpc) is 2.96. The second kappa shape index (κ2) is 5.35. The Hall–Kier alpha value is -1.40. The van der Waals surface area contributed by atoms with Crippen LogP contribution in [0.25, 0.3) is 10.9 Å². The number of piperidine rings is 1. The molecule has 22 heavy (non-hydrogen) atoms. The number of nitrogens with one attached hydrogen (secondary N) is 2. The van der Waals surface area contributed by atoms with Crippen molar-refractivity contribution in [2.45, 2.75) is 6.23 Å². The van der Waals surface area contributed by atoms with Gasteiger partial charge in [0.1, 0.15) is 6.23 Å². The Morgan fingerprint density at radius 1 is 1.45 bits per heavy atom. The predicted molar refractivity (Wildman–Crippen MR) is 87.5 cm³/mol. The van der Waals surface area contributed by atoms with Crippen LogP contribution in [0.1, 0.15) is 11.8 Å². The SMILES string of the molecule is Nc1c(Cl)cc(C(O)NCC2C3CNCC32)c2ncccc12. The number of rotatable bonds is 4. The van der Waals surface area contributed by atoms with Crippen molar-refractivity contribution < 1.29 is 5.11 Å². The fourth-order valence-corrected chi connectivity index (χ4v) is 3.90. The quantitative estimate of drug-likeness (QED) is 0.507. The smallest absolute Gasteiger partial charge is 0.133 e. The van der Waals surface area contributed by atoms with Crippen LogP contribution in [-0.4, -0.2) is 29.7 Å². The summed E-state index contributed by atoms with van der Waals surface area (Å²) in [6.07, 6.45) is 0.910. The molecule has 2 fully saturated rings. The van der Waals surface area contributed by atoms with Crippen LogP contribution in [0, 0.1) is 17.8 Å². The number of aliphatic hydroxyl groups is 1. The number of nitrogen functional groups attached to an aromatic ring is 1. The van der Waals surface area contributed by atoms with E-state index in [0.717, 1.165) is 36.9 Å². The van der Waals surface area contributed by atoms with Crippen molar-refractivity contribution in [2.24, 2.45) is 17.8 Å². The highest BCUT2D eigenvalue weighted by Crippen LogP contribution is 2.48. The van der Waals surface area contributed by atoms with Gasteiger partial charge in [0.25, 0.3) is 0 Å². The fourth-order valence-electron chi connectivity index (χ4n) is 3.68. The highest BCUT2D eigenvalue weighted by atomic mass is 35.5. The average molecular weight is 319 g/mol. The number of nitrogens with zero attached hydrogens (tertiary/aromatic N) is 1. The third-order valence-corrected chi connectivity index (χ3v) is 5.33. The van der Waals surface area contributed by atoms with Gasteiger partial charge in [-0.3, -0.25) is 10.3 Å². The second-order valence-electron chi connectivity index (χ2n) is 6.22. The third-order valence-electron chi connectivity index (χ3n) is 5.02. The van der Waals surface area contributed by atoms with E-state index >= 15 is 0 Å². The van der Waals surface area contributed by atoms with Gasteiger partial charge in [-0.2, -0.15) is 0 Å². The lowest BCUT2D eigenvalue weighted by atomic mass is 10.1. The van der Waals surface area contributed by atoms with Crippen LogP contribution in [-0.2, 0) is 0 Å². The zero-order valence-electron chi connectivity index (χ0n) is 12.1. The van der Waals surface area contributed by atoms with E-state index in [2.05, 4.69) is 15.6 Å². The van der Waals surface area contributed by atoms with Crippen LogP contribution in [0.2, 0.25) is 5.02 Å². The van der Waals surface area contributed by atoms with Gasteiger partial charge in [0.15, 0.2) is 0 Å². The summed E-state index contributed by atoms with van der Waals surface area (Å²) < 4.78 is 0. The molecule has 5 nitrogen and oxygen atoms in total. The topological polar surface area (TPSA) is 83.2 Å². The summed E-state index contributed by atoms with van der Waals surface area (Å²) in [5, 5.41) is 18.3. The molecular weight excluding hydrogens is 300 g/mol. The highest BCUT2D eigenvalue weighted by molar-refractivity contribution is 6.34. The molecule has 2 heterocycles. The van der Waals surface area contributed by atoms with Crippen molar-refractivity contribution in [3.05, 3.63) is 35.0 Å². The van der Waals surface area contributed by atoms with Gasteiger partial charge < -0.3 is 16.2 Å². The number of halogens is 1. The summed E-state index contributed by atoms with van der Waals surface area (Å²) in [6.45, 7) is 3.02. The Bertz CT molecular complexity index is 713. The van der Waals surface area contributed by atoms with Crippen LogP contribution in [0.3, 0.4) is 0 Å². The Labute approximate surface area is 133 Å². The number of pyridine rings is 1. The van der Waals surface area contributed by atoms with E-state index in [1.807, 2.05) is 12.1 Å². The second-order valence-corrected chi connectivity index (χ2v) is 6.63. The van der Waals surface area contributed by atoms with Crippen molar-refractivity contribution in [3.63, 3.8) is 0 Å². The summed E-state index contributed by atoms with van der Waals surface area (Å²) in [4.78, 5) is 4.36. The first kappa shape index (κ1) is 14.2. The van der Waals surface area contributed by atoms with Crippen LogP contribution >= 0.6 is 11.6 Å². The maximum absolute atomic E-state index is 10.5. The van der Waals surface area contributed by atoms with Gasteiger partial charge in [-0.1, -0.05) is 11.6 Å². The molecule has 1 aliphatic heterocycles. The van der Waals surface area contributed by atoms with E-state index in [1.165, 1.54) is 0 Å². The van der Waals surface area contributed by atoms with Crippen LogP contribution in [0.4, 0.5) is 5.69 Å². The first-order chi connectivity index (χ1) is 10.7. The van der Waals surface area contributed by atoms with Gasteiger partial charge in [0.05, 0.1) is 16.2 Å². The normalized spacial score (nSPS) is 27.8.